The van der Waals surface area contributed by atoms with Crippen LogP contribution in [0.5, 0.6) is 0 Å². The molecule has 3 atom stereocenters. The van der Waals surface area contributed by atoms with Crippen molar-refractivity contribution in [3.05, 3.63) is 0 Å². The molecule has 1 aliphatic heterocycles. The maximum atomic E-state index is 10.4. The lowest BCUT2D eigenvalue weighted by Gasteiger charge is -2.28. The van der Waals surface area contributed by atoms with Crippen LogP contribution in [-0.4, -0.2) is 47.1 Å². The highest BCUT2D eigenvalue weighted by atomic mass is 16.5. The van der Waals surface area contributed by atoms with Crippen molar-refractivity contribution in [1.29, 1.82) is 0 Å². The monoisotopic (exact) mass is 231 g/mol. The lowest BCUT2D eigenvalue weighted by atomic mass is 9.96. The van der Waals surface area contributed by atoms with E-state index in [0.717, 1.165) is 0 Å². The number of carboxylic acid groups (broad SMARTS) is 1. The van der Waals surface area contributed by atoms with E-state index in [1.165, 1.54) is 0 Å². The Labute approximate surface area is 95.8 Å². The average Bonchev–Trinajstić information content (AvgIpc) is 2.54. The van der Waals surface area contributed by atoms with Crippen LogP contribution in [0.15, 0.2) is 0 Å². The fraction of sp³-hybridized carbons (Fsp3) is 0.909. The standard InChI is InChI=1S/C11H21NO4/c1-8(3-4-10(13)14)12-7-11(15)5-6-16-9(11)2/h8-9,12,15H,3-7H2,1-2H3,(H,13,14). The number of carbonyl (C=O) groups is 1. The van der Waals surface area contributed by atoms with Gasteiger partial charge in [-0.1, -0.05) is 0 Å². The molecule has 1 saturated heterocycles. The smallest absolute Gasteiger partial charge is 0.303 e. The molecule has 1 rings (SSSR count). The number of hydrogen-bond acceptors (Lipinski definition) is 4. The summed E-state index contributed by atoms with van der Waals surface area (Å²) in [7, 11) is 0. The normalized spacial score (nSPS) is 31.6. The van der Waals surface area contributed by atoms with E-state index in [2.05, 4.69) is 5.32 Å². The largest absolute Gasteiger partial charge is 0.481 e. The van der Waals surface area contributed by atoms with Gasteiger partial charge in [0.2, 0.25) is 0 Å². The molecule has 1 aliphatic rings. The predicted octanol–water partition coefficient (Wildman–Crippen LogP) is 0.369. The molecule has 0 radical (unpaired) electrons. The first-order chi connectivity index (χ1) is 7.44. The summed E-state index contributed by atoms with van der Waals surface area (Å²) in [5.41, 5.74) is -0.808. The maximum absolute atomic E-state index is 10.4. The Morgan fingerprint density at radius 3 is 2.88 bits per heavy atom. The number of ether oxygens (including phenoxy) is 1. The van der Waals surface area contributed by atoms with Crippen molar-refractivity contribution in [2.45, 2.75) is 50.9 Å². The van der Waals surface area contributed by atoms with E-state index in [1.807, 2.05) is 13.8 Å². The Kier molecular flexibility index (Phi) is 4.70. The SMILES string of the molecule is CC(CCC(=O)O)NCC1(O)CCOC1C. The van der Waals surface area contributed by atoms with Crippen LogP contribution in [0.3, 0.4) is 0 Å². The topological polar surface area (TPSA) is 78.8 Å². The molecule has 0 saturated carbocycles. The van der Waals surface area contributed by atoms with Gasteiger partial charge in [0.1, 0.15) is 5.60 Å². The van der Waals surface area contributed by atoms with Gasteiger partial charge < -0.3 is 20.3 Å². The molecule has 0 aromatic carbocycles. The van der Waals surface area contributed by atoms with Crippen LogP contribution >= 0.6 is 0 Å². The zero-order valence-electron chi connectivity index (χ0n) is 9.90. The zero-order valence-corrected chi connectivity index (χ0v) is 9.90. The van der Waals surface area contributed by atoms with E-state index in [4.69, 9.17) is 9.84 Å². The summed E-state index contributed by atoms with van der Waals surface area (Å²) in [6.45, 7) is 4.82. The van der Waals surface area contributed by atoms with Crippen molar-refractivity contribution in [2.24, 2.45) is 0 Å². The number of aliphatic hydroxyl groups is 1. The lowest BCUT2D eigenvalue weighted by Crippen LogP contribution is -2.48. The summed E-state index contributed by atoms with van der Waals surface area (Å²) in [5.74, 6) is -0.787. The summed E-state index contributed by atoms with van der Waals surface area (Å²) >= 11 is 0. The van der Waals surface area contributed by atoms with Gasteiger partial charge in [-0.05, 0) is 20.3 Å². The quantitative estimate of drug-likeness (QED) is 0.615. The summed E-state index contributed by atoms with van der Waals surface area (Å²) in [4.78, 5) is 10.4. The first kappa shape index (κ1) is 13.4. The van der Waals surface area contributed by atoms with Crippen LogP contribution in [0.25, 0.3) is 0 Å². The van der Waals surface area contributed by atoms with Gasteiger partial charge in [-0.2, -0.15) is 0 Å². The second-order valence-corrected chi connectivity index (χ2v) is 4.58. The van der Waals surface area contributed by atoms with Gasteiger partial charge in [0.05, 0.1) is 6.10 Å². The molecular weight excluding hydrogens is 210 g/mol. The highest BCUT2D eigenvalue weighted by molar-refractivity contribution is 5.66. The van der Waals surface area contributed by atoms with E-state index >= 15 is 0 Å². The highest BCUT2D eigenvalue weighted by Crippen LogP contribution is 2.24. The van der Waals surface area contributed by atoms with Crippen LogP contribution in [-0.2, 0) is 9.53 Å². The summed E-state index contributed by atoms with van der Waals surface area (Å²) < 4.78 is 5.31. The van der Waals surface area contributed by atoms with Crippen LogP contribution in [0.1, 0.15) is 33.1 Å². The molecule has 0 aromatic heterocycles. The Hall–Kier alpha value is -0.650. The molecule has 3 unspecified atom stereocenters. The van der Waals surface area contributed by atoms with Gasteiger partial charge >= 0.3 is 5.97 Å². The fourth-order valence-corrected chi connectivity index (χ4v) is 1.80. The Bertz CT molecular complexity index is 246. The third kappa shape index (κ3) is 3.73. The van der Waals surface area contributed by atoms with Gasteiger partial charge in [0.15, 0.2) is 0 Å². The fourth-order valence-electron chi connectivity index (χ4n) is 1.80. The van der Waals surface area contributed by atoms with Gasteiger partial charge in [-0.15, -0.1) is 0 Å². The minimum Gasteiger partial charge on any atom is -0.481 e. The molecule has 5 nitrogen and oxygen atoms in total. The van der Waals surface area contributed by atoms with E-state index in [9.17, 15) is 9.90 Å². The zero-order chi connectivity index (χ0) is 12.2. The van der Waals surface area contributed by atoms with Crippen molar-refractivity contribution in [3.63, 3.8) is 0 Å². The van der Waals surface area contributed by atoms with E-state index in [1.54, 1.807) is 0 Å². The van der Waals surface area contributed by atoms with Crippen LogP contribution < -0.4 is 5.32 Å². The molecule has 94 valence electrons. The average molecular weight is 231 g/mol. The lowest BCUT2D eigenvalue weighted by molar-refractivity contribution is -0.137. The minimum atomic E-state index is -0.808. The number of aliphatic carboxylic acids is 1. The second-order valence-electron chi connectivity index (χ2n) is 4.58. The predicted molar refractivity (Wildman–Crippen MR) is 59.3 cm³/mol. The first-order valence-corrected chi connectivity index (χ1v) is 5.73. The summed E-state index contributed by atoms with van der Waals surface area (Å²) in [6.07, 6.45) is 1.19. The minimum absolute atomic E-state index is 0.0907. The number of carboxylic acids is 1. The first-order valence-electron chi connectivity index (χ1n) is 5.73. The Morgan fingerprint density at radius 1 is 1.69 bits per heavy atom. The molecule has 0 aliphatic carbocycles. The number of rotatable bonds is 6. The van der Waals surface area contributed by atoms with Gasteiger partial charge in [-0.25, -0.2) is 0 Å². The molecule has 1 heterocycles. The molecule has 0 aromatic rings. The Balaban J connectivity index is 2.25. The third-order valence-electron chi connectivity index (χ3n) is 3.21. The summed E-state index contributed by atoms with van der Waals surface area (Å²) in [6, 6.07) is 0.0907. The Morgan fingerprint density at radius 2 is 2.38 bits per heavy atom. The van der Waals surface area contributed by atoms with Crippen molar-refractivity contribution < 1.29 is 19.7 Å². The molecule has 16 heavy (non-hydrogen) atoms. The van der Waals surface area contributed by atoms with Crippen molar-refractivity contribution in [1.82, 2.24) is 5.32 Å². The van der Waals surface area contributed by atoms with Crippen LogP contribution in [0, 0.1) is 0 Å². The number of hydrogen-bond donors (Lipinski definition) is 3. The molecule has 1 fully saturated rings. The van der Waals surface area contributed by atoms with Crippen molar-refractivity contribution >= 4 is 5.97 Å². The molecule has 0 spiro atoms. The van der Waals surface area contributed by atoms with Gasteiger partial charge in [0, 0.05) is 32.0 Å². The highest BCUT2D eigenvalue weighted by Gasteiger charge is 2.39. The molecular formula is C11H21NO4. The van der Waals surface area contributed by atoms with Crippen molar-refractivity contribution in [3.8, 4) is 0 Å². The molecule has 0 amide bonds. The maximum Gasteiger partial charge on any atom is 0.303 e. The number of nitrogens with one attached hydrogen (secondary N) is 1. The van der Waals surface area contributed by atoms with Crippen molar-refractivity contribution in [2.75, 3.05) is 13.2 Å². The third-order valence-corrected chi connectivity index (χ3v) is 3.21. The van der Waals surface area contributed by atoms with Crippen LogP contribution in [0.4, 0.5) is 0 Å². The molecule has 3 N–H and O–H groups in total. The molecule has 0 bridgehead atoms. The molecule has 5 heteroatoms. The van der Waals surface area contributed by atoms with E-state index in [-0.39, 0.29) is 18.6 Å². The van der Waals surface area contributed by atoms with E-state index < -0.39 is 11.6 Å². The van der Waals surface area contributed by atoms with E-state index in [0.29, 0.717) is 26.0 Å². The summed E-state index contributed by atoms with van der Waals surface area (Å²) in [5, 5.41) is 21.9. The van der Waals surface area contributed by atoms with Crippen LogP contribution in [0.2, 0.25) is 0 Å². The second kappa shape index (κ2) is 5.61. The van der Waals surface area contributed by atoms with Gasteiger partial charge in [-0.3, -0.25) is 4.79 Å². The van der Waals surface area contributed by atoms with Gasteiger partial charge in [0.25, 0.3) is 0 Å².